The Morgan fingerprint density at radius 1 is 0.905 bits per heavy atom. The molecule has 2 nitrogen and oxygen atoms in total. The fourth-order valence-electron chi connectivity index (χ4n) is 3.16. The van der Waals surface area contributed by atoms with E-state index < -0.39 is 6.37 Å². The number of fused-ring (bicyclic) bond motifs is 4. The summed E-state index contributed by atoms with van der Waals surface area (Å²) >= 11 is 0. The second-order valence-electron chi connectivity index (χ2n) is 5.28. The number of benzene rings is 2. The minimum atomic E-state index is -1.62. The van der Waals surface area contributed by atoms with Crippen molar-refractivity contribution in [3.8, 4) is 11.3 Å². The Hall–Kier alpha value is -2.74. The third kappa shape index (κ3) is 1.42. The number of nitrogens with zero attached hydrogens (tertiary/aromatic N) is 2. The van der Waals surface area contributed by atoms with E-state index >= 15 is 0 Å². The third-order valence-corrected chi connectivity index (χ3v) is 4.10. The number of hydrogen-bond acceptors (Lipinski definition) is 2. The molecule has 0 saturated carbocycles. The molecular weight excluding hydrogens is 256 g/mol. The largest absolute Gasteiger partial charge is 0.264 e. The van der Waals surface area contributed by atoms with Crippen molar-refractivity contribution in [1.29, 1.82) is 0 Å². The molecule has 2 heteroatoms. The molecule has 0 radical (unpaired) electrons. The van der Waals surface area contributed by atoms with E-state index in [0.29, 0.717) is 11.1 Å². The van der Waals surface area contributed by atoms with Crippen molar-refractivity contribution < 1.29 is 2.74 Å². The smallest absolute Gasteiger partial charge is 0.0750 e. The molecule has 0 atom stereocenters. The molecule has 0 bridgehead atoms. The summed E-state index contributed by atoms with van der Waals surface area (Å²) in [6, 6.07) is 13.8. The Bertz CT molecular complexity index is 1100. The molecule has 2 heterocycles. The molecule has 0 aliphatic heterocycles. The van der Waals surface area contributed by atoms with Gasteiger partial charge in [0.2, 0.25) is 0 Å². The van der Waals surface area contributed by atoms with Crippen molar-refractivity contribution >= 4 is 21.5 Å². The maximum Gasteiger partial charge on any atom is 0.0750 e. The summed E-state index contributed by atoms with van der Waals surface area (Å²) < 4.78 is 17.6. The number of rotatable bonds is 0. The molecule has 0 N–H and O–H groups in total. The van der Waals surface area contributed by atoms with Gasteiger partial charge in [0, 0.05) is 44.0 Å². The Morgan fingerprint density at radius 2 is 1.81 bits per heavy atom. The molecule has 0 unspecified atom stereocenters. The molecule has 5 rings (SSSR count). The minimum absolute atomic E-state index is 0.622. The lowest BCUT2D eigenvalue weighted by atomic mass is 9.86. The van der Waals surface area contributed by atoms with Crippen LogP contribution in [-0.2, 0) is 6.37 Å². The molecule has 0 spiro atoms. The van der Waals surface area contributed by atoms with Gasteiger partial charge in [-0.15, -0.1) is 0 Å². The van der Waals surface area contributed by atoms with Gasteiger partial charge in [0.1, 0.15) is 0 Å². The monoisotopic (exact) mass is 270 g/mol. The van der Waals surface area contributed by atoms with Gasteiger partial charge < -0.3 is 0 Å². The summed E-state index contributed by atoms with van der Waals surface area (Å²) in [6.45, 7) is 0. The molecule has 0 saturated heterocycles. The Morgan fingerprint density at radius 3 is 2.81 bits per heavy atom. The summed E-state index contributed by atoms with van der Waals surface area (Å²) in [6.07, 6.45) is 3.64. The van der Waals surface area contributed by atoms with Gasteiger partial charge in [0.25, 0.3) is 0 Å². The van der Waals surface area contributed by atoms with Gasteiger partial charge in [-0.2, -0.15) is 0 Å². The SMILES string of the molecule is [2H]C1([2H])c2c(ncc3ccccc23)-c2cccc3cncc1c23. The second-order valence-corrected chi connectivity index (χ2v) is 5.28. The molecular formula is C19H12N2. The first-order chi connectivity index (χ1) is 11.2. The molecule has 98 valence electrons. The first-order valence-electron chi connectivity index (χ1n) is 7.94. The van der Waals surface area contributed by atoms with Crippen LogP contribution >= 0.6 is 0 Å². The molecule has 2 aromatic carbocycles. The molecule has 1 aliphatic rings. The van der Waals surface area contributed by atoms with Gasteiger partial charge in [0.15, 0.2) is 0 Å². The lowest BCUT2D eigenvalue weighted by molar-refractivity contribution is 1.14. The van der Waals surface area contributed by atoms with Gasteiger partial charge in [-0.1, -0.05) is 42.5 Å². The maximum absolute atomic E-state index is 8.79. The van der Waals surface area contributed by atoms with Crippen molar-refractivity contribution in [3.63, 3.8) is 0 Å². The summed E-state index contributed by atoms with van der Waals surface area (Å²) in [4.78, 5) is 8.85. The van der Waals surface area contributed by atoms with Crippen LogP contribution in [0.4, 0.5) is 0 Å². The first-order valence-corrected chi connectivity index (χ1v) is 6.94. The normalized spacial score (nSPS) is 16.4. The molecule has 2 aromatic heterocycles. The molecule has 0 amide bonds. The van der Waals surface area contributed by atoms with E-state index in [-0.39, 0.29) is 0 Å². The maximum atomic E-state index is 8.79. The van der Waals surface area contributed by atoms with Gasteiger partial charge in [-0.3, -0.25) is 9.97 Å². The van der Waals surface area contributed by atoms with Crippen LogP contribution in [0.1, 0.15) is 13.9 Å². The highest BCUT2D eigenvalue weighted by molar-refractivity contribution is 6.03. The molecule has 1 aliphatic carbocycles. The van der Waals surface area contributed by atoms with E-state index in [1.54, 1.807) is 12.4 Å². The highest BCUT2D eigenvalue weighted by Crippen LogP contribution is 2.40. The van der Waals surface area contributed by atoms with Crippen LogP contribution in [0.2, 0.25) is 0 Å². The van der Waals surface area contributed by atoms with E-state index in [1.807, 2.05) is 48.7 Å². The average Bonchev–Trinajstić information content (AvgIpc) is 2.59. The summed E-state index contributed by atoms with van der Waals surface area (Å²) in [7, 11) is 0. The minimum Gasteiger partial charge on any atom is -0.264 e. The van der Waals surface area contributed by atoms with Gasteiger partial charge in [0.05, 0.1) is 5.69 Å². The Balaban J connectivity index is 2.07. The predicted molar refractivity (Wildman–Crippen MR) is 85.3 cm³/mol. The van der Waals surface area contributed by atoms with Crippen molar-refractivity contribution in [2.75, 3.05) is 0 Å². The van der Waals surface area contributed by atoms with Crippen molar-refractivity contribution in [2.45, 2.75) is 6.37 Å². The molecule has 21 heavy (non-hydrogen) atoms. The van der Waals surface area contributed by atoms with E-state index in [4.69, 9.17) is 2.74 Å². The summed E-state index contributed by atoms with van der Waals surface area (Å²) in [5, 5.41) is 3.73. The van der Waals surface area contributed by atoms with Crippen LogP contribution in [0.15, 0.2) is 61.1 Å². The molecule has 0 fully saturated rings. The highest BCUT2D eigenvalue weighted by atomic mass is 14.7. The summed E-state index contributed by atoms with van der Waals surface area (Å²) in [5.74, 6) is 0. The topological polar surface area (TPSA) is 25.8 Å². The van der Waals surface area contributed by atoms with Gasteiger partial charge in [-0.05, 0) is 21.9 Å². The van der Waals surface area contributed by atoms with Gasteiger partial charge >= 0.3 is 0 Å². The fourth-order valence-corrected chi connectivity index (χ4v) is 3.16. The Kier molecular flexibility index (Phi) is 1.71. The van der Waals surface area contributed by atoms with E-state index in [2.05, 4.69) is 9.97 Å². The zero-order chi connectivity index (χ0) is 15.6. The average molecular weight is 270 g/mol. The van der Waals surface area contributed by atoms with Gasteiger partial charge in [-0.25, -0.2) is 0 Å². The number of pyridine rings is 2. The fraction of sp³-hybridized carbons (Fsp3) is 0.0526. The number of aromatic nitrogens is 2. The lowest BCUT2D eigenvalue weighted by Gasteiger charge is -2.20. The van der Waals surface area contributed by atoms with Crippen molar-refractivity contribution in [1.82, 2.24) is 9.97 Å². The summed E-state index contributed by atoms with van der Waals surface area (Å²) in [5.41, 5.74) is 2.98. The van der Waals surface area contributed by atoms with E-state index in [0.717, 1.165) is 32.8 Å². The van der Waals surface area contributed by atoms with Crippen LogP contribution in [-0.4, -0.2) is 9.97 Å². The predicted octanol–water partition coefficient (Wildman–Crippen LogP) is 4.35. The third-order valence-electron chi connectivity index (χ3n) is 4.10. The van der Waals surface area contributed by atoms with Crippen LogP contribution in [0.25, 0.3) is 32.8 Å². The van der Waals surface area contributed by atoms with Crippen LogP contribution in [0.5, 0.6) is 0 Å². The van der Waals surface area contributed by atoms with Crippen LogP contribution in [0.3, 0.4) is 0 Å². The quantitative estimate of drug-likeness (QED) is 0.474. The van der Waals surface area contributed by atoms with E-state index in [1.165, 1.54) is 0 Å². The van der Waals surface area contributed by atoms with E-state index in [9.17, 15) is 0 Å². The van der Waals surface area contributed by atoms with Crippen molar-refractivity contribution in [2.24, 2.45) is 0 Å². The second kappa shape index (κ2) is 3.89. The lowest BCUT2D eigenvalue weighted by Crippen LogP contribution is -2.04. The molecule has 4 aromatic rings. The van der Waals surface area contributed by atoms with Crippen molar-refractivity contribution in [3.05, 3.63) is 72.2 Å². The van der Waals surface area contributed by atoms with Crippen LogP contribution < -0.4 is 0 Å². The Labute approximate surface area is 124 Å². The zero-order valence-corrected chi connectivity index (χ0v) is 11.2. The highest BCUT2D eigenvalue weighted by Gasteiger charge is 2.21. The first kappa shape index (κ1) is 9.24. The zero-order valence-electron chi connectivity index (χ0n) is 13.2. The van der Waals surface area contributed by atoms with Crippen LogP contribution in [0, 0.1) is 0 Å². The number of hydrogen-bond donors (Lipinski definition) is 0. The standard InChI is InChI=1S/C19H12N2/c1-2-6-15-12(4-1)11-21-19-16-7-3-5-13-9-20-10-14(18(13)16)8-17(15)19/h1-7,9-11H,8H2/i8D2.